The van der Waals surface area contributed by atoms with Crippen LogP contribution in [0.4, 0.5) is 16.5 Å². The van der Waals surface area contributed by atoms with Crippen LogP contribution in [0.25, 0.3) is 5.69 Å². The van der Waals surface area contributed by atoms with E-state index in [0.717, 1.165) is 11.3 Å². The molecule has 0 aliphatic heterocycles. The summed E-state index contributed by atoms with van der Waals surface area (Å²) >= 11 is 1.11. The topological polar surface area (TPSA) is 132 Å². The molecule has 3 heterocycles. The summed E-state index contributed by atoms with van der Waals surface area (Å²) < 4.78 is 6.54. The SMILES string of the molecule is Cc1cc(NC(=O)c2ccc(NC(=O)c3ccco3)s2)n(-c2ccc([N+](=O)[O-])cc2)n1. The predicted molar refractivity (Wildman–Crippen MR) is 114 cm³/mol. The Morgan fingerprint density at radius 3 is 2.55 bits per heavy atom. The molecule has 0 spiro atoms. The van der Waals surface area contributed by atoms with E-state index in [4.69, 9.17) is 4.42 Å². The molecule has 11 heteroatoms. The highest BCUT2D eigenvalue weighted by atomic mass is 32.1. The zero-order chi connectivity index (χ0) is 22.0. The van der Waals surface area contributed by atoms with Crippen molar-refractivity contribution in [1.29, 1.82) is 0 Å². The predicted octanol–water partition coefficient (Wildman–Crippen LogP) is 4.25. The second kappa shape index (κ2) is 8.24. The number of hydrogen-bond acceptors (Lipinski definition) is 7. The van der Waals surface area contributed by atoms with E-state index in [1.54, 1.807) is 43.3 Å². The Balaban J connectivity index is 1.50. The molecule has 3 aromatic heterocycles. The highest BCUT2D eigenvalue weighted by molar-refractivity contribution is 7.18. The fraction of sp³-hybridized carbons (Fsp3) is 0.0500. The first-order valence-corrected chi connectivity index (χ1v) is 9.80. The molecule has 0 bridgehead atoms. The number of carbonyl (C=O) groups is 2. The molecular weight excluding hydrogens is 422 g/mol. The van der Waals surface area contributed by atoms with Gasteiger partial charge in [-0.2, -0.15) is 5.10 Å². The number of thiophene rings is 1. The smallest absolute Gasteiger partial charge is 0.291 e. The maximum atomic E-state index is 12.7. The van der Waals surface area contributed by atoms with Gasteiger partial charge < -0.3 is 15.1 Å². The fourth-order valence-electron chi connectivity index (χ4n) is 2.79. The highest BCUT2D eigenvalue weighted by Crippen LogP contribution is 2.25. The number of carbonyl (C=O) groups excluding carboxylic acids is 2. The molecule has 0 saturated heterocycles. The van der Waals surface area contributed by atoms with Gasteiger partial charge in [0.05, 0.1) is 32.4 Å². The summed E-state index contributed by atoms with van der Waals surface area (Å²) in [5.41, 5.74) is 1.18. The van der Waals surface area contributed by atoms with E-state index in [-0.39, 0.29) is 17.4 Å². The molecule has 0 atom stereocenters. The molecular formula is C20H15N5O5S. The number of nitrogens with one attached hydrogen (secondary N) is 2. The minimum Gasteiger partial charge on any atom is -0.459 e. The molecule has 0 fully saturated rings. The maximum absolute atomic E-state index is 12.7. The lowest BCUT2D eigenvalue weighted by atomic mass is 10.3. The largest absolute Gasteiger partial charge is 0.459 e. The number of nitrogens with zero attached hydrogens (tertiary/aromatic N) is 3. The summed E-state index contributed by atoms with van der Waals surface area (Å²) in [6.07, 6.45) is 1.40. The van der Waals surface area contributed by atoms with Crippen LogP contribution in [0.3, 0.4) is 0 Å². The molecule has 156 valence electrons. The van der Waals surface area contributed by atoms with E-state index in [1.165, 1.54) is 29.1 Å². The first kappa shape index (κ1) is 20.0. The van der Waals surface area contributed by atoms with Crippen molar-refractivity contribution in [3.05, 3.63) is 87.3 Å². The minimum atomic E-state index is -0.486. The maximum Gasteiger partial charge on any atom is 0.291 e. The number of rotatable bonds is 6. The summed E-state index contributed by atoms with van der Waals surface area (Å²) in [5.74, 6) is -0.218. The highest BCUT2D eigenvalue weighted by Gasteiger charge is 2.16. The van der Waals surface area contributed by atoms with Gasteiger partial charge in [-0.25, -0.2) is 4.68 Å². The quantitative estimate of drug-likeness (QED) is 0.342. The van der Waals surface area contributed by atoms with Gasteiger partial charge in [-0.3, -0.25) is 19.7 Å². The van der Waals surface area contributed by atoms with E-state index in [0.29, 0.717) is 27.1 Å². The number of aromatic nitrogens is 2. The molecule has 0 aliphatic rings. The first-order chi connectivity index (χ1) is 14.9. The average molecular weight is 437 g/mol. The molecule has 0 aliphatic carbocycles. The lowest BCUT2D eigenvalue weighted by Gasteiger charge is -2.08. The average Bonchev–Trinajstić information content (AvgIpc) is 3.49. The Bertz CT molecular complexity index is 1260. The molecule has 4 rings (SSSR count). The number of nitro benzene ring substituents is 1. The molecule has 4 aromatic rings. The lowest BCUT2D eigenvalue weighted by Crippen LogP contribution is -2.14. The van der Waals surface area contributed by atoms with Crippen molar-refractivity contribution >= 4 is 39.7 Å². The van der Waals surface area contributed by atoms with Crippen molar-refractivity contribution < 1.29 is 18.9 Å². The van der Waals surface area contributed by atoms with E-state index in [9.17, 15) is 19.7 Å². The summed E-state index contributed by atoms with van der Waals surface area (Å²) in [4.78, 5) is 35.5. The van der Waals surface area contributed by atoms with Gasteiger partial charge in [0.15, 0.2) is 5.76 Å². The summed E-state index contributed by atoms with van der Waals surface area (Å²) in [6.45, 7) is 1.77. The van der Waals surface area contributed by atoms with Gasteiger partial charge in [-0.1, -0.05) is 0 Å². The Morgan fingerprint density at radius 1 is 1.10 bits per heavy atom. The van der Waals surface area contributed by atoms with Crippen LogP contribution in [0.5, 0.6) is 0 Å². The number of non-ortho nitro benzene ring substituents is 1. The van der Waals surface area contributed by atoms with Crippen molar-refractivity contribution in [3.63, 3.8) is 0 Å². The van der Waals surface area contributed by atoms with Crippen molar-refractivity contribution in [2.75, 3.05) is 10.6 Å². The fourth-order valence-corrected chi connectivity index (χ4v) is 3.58. The Morgan fingerprint density at radius 2 is 1.87 bits per heavy atom. The first-order valence-electron chi connectivity index (χ1n) is 8.98. The van der Waals surface area contributed by atoms with Crippen molar-refractivity contribution in [1.82, 2.24) is 9.78 Å². The molecule has 0 radical (unpaired) electrons. The number of nitro groups is 1. The molecule has 2 N–H and O–H groups in total. The molecule has 2 amide bonds. The van der Waals surface area contributed by atoms with Gasteiger partial charge in [0, 0.05) is 18.2 Å². The van der Waals surface area contributed by atoms with Gasteiger partial charge in [0.2, 0.25) is 0 Å². The van der Waals surface area contributed by atoms with Crippen LogP contribution in [-0.4, -0.2) is 26.5 Å². The molecule has 0 saturated carbocycles. The van der Waals surface area contributed by atoms with Crippen molar-refractivity contribution in [2.24, 2.45) is 0 Å². The second-order valence-electron chi connectivity index (χ2n) is 6.41. The Kier molecular flexibility index (Phi) is 5.33. The number of hydrogen-bond donors (Lipinski definition) is 2. The van der Waals surface area contributed by atoms with Crippen LogP contribution in [0.15, 0.2) is 65.3 Å². The second-order valence-corrected chi connectivity index (χ2v) is 7.49. The third-order valence-electron chi connectivity index (χ3n) is 4.19. The molecule has 31 heavy (non-hydrogen) atoms. The molecule has 1 aromatic carbocycles. The van der Waals surface area contributed by atoms with Crippen LogP contribution in [-0.2, 0) is 0 Å². The number of furan rings is 1. The number of amides is 2. The lowest BCUT2D eigenvalue weighted by molar-refractivity contribution is -0.384. The van der Waals surface area contributed by atoms with Crippen LogP contribution in [0.2, 0.25) is 0 Å². The molecule has 0 unspecified atom stereocenters. The van der Waals surface area contributed by atoms with Crippen molar-refractivity contribution in [3.8, 4) is 5.69 Å². The zero-order valence-electron chi connectivity index (χ0n) is 16.1. The van der Waals surface area contributed by atoms with E-state index >= 15 is 0 Å². The van der Waals surface area contributed by atoms with E-state index < -0.39 is 10.8 Å². The third kappa shape index (κ3) is 4.36. The third-order valence-corrected chi connectivity index (χ3v) is 5.19. The van der Waals surface area contributed by atoms with Gasteiger partial charge in [0.25, 0.3) is 17.5 Å². The van der Waals surface area contributed by atoms with Crippen molar-refractivity contribution in [2.45, 2.75) is 6.92 Å². The summed E-state index contributed by atoms with van der Waals surface area (Å²) in [6, 6.07) is 13.9. The van der Waals surface area contributed by atoms with Gasteiger partial charge in [0.1, 0.15) is 5.82 Å². The zero-order valence-corrected chi connectivity index (χ0v) is 16.9. The van der Waals surface area contributed by atoms with E-state index in [1.807, 2.05) is 0 Å². The number of benzene rings is 1. The van der Waals surface area contributed by atoms with Crippen LogP contribution < -0.4 is 10.6 Å². The summed E-state index contributed by atoms with van der Waals surface area (Å²) in [5, 5.41) is 21.1. The van der Waals surface area contributed by atoms with Gasteiger partial charge in [-0.15, -0.1) is 11.3 Å². The normalized spacial score (nSPS) is 10.6. The summed E-state index contributed by atoms with van der Waals surface area (Å²) in [7, 11) is 0. The van der Waals surface area contributed by atoms with Crippen LogP contribution in [0.1, 0.15) is 25.9 Å². The monoisotopic (exact) mass is 437 g/mol. The van der Waals surface area contributed by atoms with Gasteiger partial charge in [-0.05, 0) is 43.3 Å². The van der Waals surface area contributed by atoms with E-state index in [2.05, 4.69) is 15.7 Å². The molecule has 10 nitrogen and oxygen atoms in total. The van der Waals surface area contributed by atoms with Gasteiger partial charge >= 0.3 is 0 Å². The Hall–Kier alpha value is -4.25. The van der Waals surface area contributed by atoms with Crippen LogP contribution >= 0.6 is 11.3 Å². The standard InChI is InChI=1S/C20H15N5O5S/c1-12-11-17(24(23-12)13-4-6-14(7-5-13)25(28)29)21-20(27)16-8-9-18(31-16)22-19(26)15-3-2-10-30-15/h2-11H,1H3,(H,21,27)(H,22,26). The number of anilines is 2. The minimum absolute atomic E-state index is 0.0408. The van der Waals surface area contributed by atoms with Crippen LogP contribution in [0, 0.1) is 17.0 Å². The Labute approximate surface area is 179 Å². The number of aryl methyl sites for hydroxylation is 1.